The van der Waals surface area contributed by atoms with E-state index in [0.717, 1.165) is 18.6 Å². The number of anilines is 2. The van der Waals surface area contributed by atoms with Gasteiger partial charge in [-0.05, 0) is 42.7 Å². The van der Waals surface area contributed by atoms with Crippen molar-refractivity contribution in [1.29, 1.82) is 0 Å². The Morgan fingerprint density at radius 3 is 2.87 bits per heavy atom. The molecular weight excluding hydrogens is 411 g/mol. The lowest BCUT2D eigenvalue weighted by Crippen LogP contribution is -2.53. The molecule has 4 heterocycles. The van der Waals surface area contributed by atoms with Crippen molar-refractivity contribution in [2.75, 3.05) is 29.9 Å². The van der Waals surface area contributed by atoms with Crippen LogP contribution in [0.5, 0.6) is 0 Å². The summed E-state index contributed by atoms with van der Waals surface area (Å²) in [6.07, 6.45) is 0.244. The van der Waals surface area contributed by atoms with Crippen LogP contribution in [-0.2, 0) is 17.7 Å². The zero-order valence-corrected chi connectivity index (χ0v) is 16.9. The first-order chi connectivity index (χ1) is 14.9. The van der Waals surface area contributed by atoms with Crippen molar-refractivity contribution in [2.45, 2.75) is 44.1 Å². The van der Waals surface area contributed by atoms with Gasteiger partial charge in [0.15, 0.2) is 0 Å². The molecule has 10 heteroatoms. The summed E-state index contributed by atoms with van der Waals surface area (Å²) in [5, 5.41) is 3.12. The Labute approximate surface area is 177 Å². The lowest BCUT2D eigenvalue weighted by Gasteiger charge is -2.39. The zero-order valence-electron chi connectivity index (χ0n) is 16.9. The van der Waals surface area contributed by atoms with E-state index in [4.69, 9.17) is 4.74 Å². The highest BCUT2D eigenvalue weighted by atomic mass is 19.4. The molecular formula is C21H24F3N5O2. The molecule has 2 aromatic rings. The number of pyridine rings is 1. The number of hydrogen-bond donors (Lipinski definition) is 1. The molecule has 1 saturated carbocycles. The predicted molar refractivity (Wildman–Crippen MR) is 108 cm³/mol. The van der Waals surface area contributed by atoms with Crippen LogP contribution in [0.15, 0.2) is 35.4 Å². The van der Waals surface area contributed by atoms with Crippen molar-refractivity contribution in [3.63, 3.8) is 0 Å². The monoisotopic (exact) mass is 435 g/mol. The second-order valence-electron chi connectivity index (χ2n) is 8.49. The fourth-order valence-electron chi connectivity index (χ4n) is 4.66. The van der Waals surface area contributed by atoms with Crippen LogP contribution < -0.4 is 15.8 Å². The summed E-state index contributed by atoms with van der Waals surface area (Å²) < 4.78 is 48.5. The van der Waals surface area contributed by atoms with Gasteiger partial charge in [-0.15, -0.1) is 0 Å². The van der Waals surface area contributed by atoms with Crippen LogP contribution >= 0.6 is 0 Å². The largest absolute Gasteiger partial charge is 0.408 e. The quantitative estimate of drug-likeness (QED) is 0.752. The Balaban J connectivity index is 1.40. The van der Waals surface area contributed by atoms with Crippen LogP contribution in [0, 0.1) is 11.8 Å². The molecule has 31 heavy (non-hydrogen) atoms. The van der Waals surface area contributed by atoms with Gasteiger partial charge in [0.1, 0.15) is 11.9 Å². The summed E-state index contributed by atoms with van der Waals surface area (Å²) in [6.45, 7) is 1.33. The van der Waals surface area contributed by atoms with E-state index in [2.05, 4.69) is 15.3 Å². The summed E-state index contributed by atoms with van der Waals surface area (Å²) in [7, 11) is 0. The van der Waals surface area contributed by atoms with Gasteiger partial charge in [-0.25, -0.2) is 0 Å². The van der Waals surface area contributed by atoms with Gasteiger partial charge in [0.05, 0.1) is 12.7 Å². The maximum absolute atomic E-state index is 13.8. The Morgan fingerprint density at radius 1 is 1.32 bits per heavy atom. The van der Waals surface area contributed by atoms with Crippen LogP contribution in [0.1, 0.15) is 18.4 Å². The molecule has 0 radical (unpaired) electrons. The summed E-state index contributed by atoms with van der Waals surface area (Å²) in [4.78, 5) is 22.3. The SMILES string of the molecule is O=c1cc(NC[C@H]2OCC3CC32)nc2n1CC[C@@H](C(F)(F)F)N2CCc1cccnc1. The van der Waals surface area contributed by atoms with E-state index in [0.29, 0.717) is 24.8 Å². The van der Waals surface area contributed by atoms with Gasteiger partial charge in [0, 0.05) is 38.1 Å². The van der Waals surface area contributed by atoms with E-state index in [1.807, 2.05) is 6.07 Å². The fraction of sp³-hybridized carbons (Fsp3) is 0.571. The van der Waals surface area contributed by atoms with Gasteiger partial charge in [-0.2, -0.15) is 18.2 Å². The number of ether oxygens (including phenoxy) is 1. The Kier molecular flexibility index (Phi) is 5.11. The van der Waals surface area contributed by atoms with E-state index in [-0.39, 0.29) is 42.9 Å². The van der Waals surface area contributed by atoms with Gasteiger partial charge >= 0.3 is 6.18 Å². The van der Waals surface area contributed by atoms with Crippen LogP contribution in [0.25, 0.3) is 0 Å². The molecule has 4 atom stereocenters. The van der Waals surface area contributed by atoms with E-state index in [9.17, 15) is 18.0 Å². The van der Waals surface area contributed by atoms with E-state index < -0.39 is 12.2 Å². The van der Waals surface area contributed by atoms with Crippen LogP contribution in [0.2, 0.25) is 0 Å². The molecule has 0 amide bonds. The van der Waals surface area contributed by atoms with Gasteiger partial charge in [0.2, 0.25) is 5.95 Å². The van der Waals surface area contributed by atoms with Crippen molar-refractivity contribution < 1.29 is 17.9 Å². The second-order valence-corrected chi connectivity index (χ2v) is 8.49. The smallest absolute Gasteiger partial charge is 0.376 e. The number of nitrogens with one attached hydrogen (secondary N) is 1. The van der Waals surface area contributed by atoms with Crippen LogP contribution in [0.3, 0.4) is 0 Å². The van der Waals surface area contributed by atoms with Gasteiger partial charge in [-0.1, -0.05) is 6.07 Å². The molecule has 0 aromatic carbocycles. The lowest BCUT2D eigenvalue weighted by atomic mass is 10.1. The molecule has 3 aliphatic rings. The Bertz CT molecular complexity index is 997. The topological polar surface area (TPSA) is 72.3 Å². The molecule has 5 rings (SSSR count). The molecule has 2 fully saturated rings. The molecule has 1 N–H and O–H groups in total. The predicted octanol–water partition coefficient (Wildman–Crippen LogP) is 2.47. The average Bonchev–Trinajstić information content (AvgIpc) is 3.42. The molecule has 0 spiro atoms. The molecule has 7 nitrogen and oxygen atoms in total. The summed E-state index contributed by atoms with van der Waals surface area (Å²) >= 11 is 0. The Hall–Kier alpha value is -2.62. The third kappa shape index (κ3) is 4.13. The van der Waals surface area contributed by atoms with E-state index in [1.165, 1.54) is 15.5 Å². The molecule has 166 valence electrons. The van der Waals surface area contributed by atoms with Crippen molar-refractivity contribution in [3.8, 4) is 0 Å². The summed E-state index contributed by atoms with van der Waals surface area (Å²) in [5.41, 5.74) is 0.477. The summed E-state index contributed by atoms with van der Waals surface area (Å²) in [5.74, 6) is 1.52. The molecule has 1 aliphatic carbocycles. The third-order valence-electron chi connectivity index (χ3n) is 6.45. The van der Waals surface area contributed by atoms with Crippen molar-refractivity contribution in [3.05, 3.63) is 46.5 Å². The average molecular weight is 435 g/mol. The number of hydrogen-bond acceptors (Lipinski definition) is 6. The van der Waals surface area contributed by atoms with Crippen molar-refractivity contribution in [2.24, 2.45) is 11.8 Å². The first kappa shape index (κ1) is 20.3. The molecule has 1 saturated heterocycles. The number of alkyl halides is 3. The lowest BCUT2D eigenvalue weighted by molar-refractivity contribution is -0.152. The molecule has 2 unspecified atom stereocenters. The number of halogens is 3. The highest BCUT2D eigenvalue weighted by Crippen LogP contribution is 2.47. The first-order valence-corrected chi connectivity index (χ1v) is 10.6. The standard InChI is InChI=1S/C21H24F3N5O2/c22-21(23,24)17-4-7-29-19(30)9-18(26-11-16-15-8-14(15)12-31-16)27-20(29)28(17)6-3-13-2-1-5-25-10-13/h1-2,5,9-10,14-17,26H,3-4,6-8,11-12H2/t14?,15?,16-,17+/m1/s1. The molecule has 2 aromatic heterocycles. The number of aromatic nitrogens is 3. The van der Waals surface area contributed by atoms with E-state index in [1.54, 1.807) is 18.5 Å². The zero-order chi connectivity index (χ0) is 21.6. The fourth-order valence-corrected chi connectivity index (χ4v) is 4.66. The van der Waals surface area contributed by atoms with E-state index >= 15 is 0 Å². The molecule has 2 aliphatic heterocycles. The maximum atomic E-state index is 13.8. The minimum Gasteiger partial charge on any atom is -0.376 e. The first-order valence-electron chi connectivity index (χ1n) is 10.6. The Morgan fingerprint density at radius 2 is 2.19 bits per heavy atom. The normalized spacial score (nSPS) is 27.0. The minimum atomic E-state index is -4.42. The van der Waals surface area contributed by atoms with Gasteiger partial charge in [-0.3, -0.25) is 14.3 Å². The summed E-state index contributed by atoms with van der Waals surface area (Å²) in [6, 6.07) is 3.25. The highest BCUT2D eigenvalue weighted by molar-refractivity contribution is 5.45. The third-order valence-corrected chi connectivity index (χ3v) is 6.45. The van der Waals surface area contributed by atoms with Gasteiger partial charge in [0.25, 0.3) is 5.56 Å². The minimum absolute atomic E-state index is 0.00942. The number of fused-ring (bicyclic) bond motifs is 2. The van der Waals surface area contributed by atoms with Crippen molar-refractivity contribution >= 4 is 11.8 Å². The molecule has 0 bridgehead atoms. The van der Waals surface area contributed by atoms with Crippen LogP contribution in [0.4, 0.5) is 24.9 Å². The maximum Gasteiger partial charge on any atom is 0.408 e. The number of nitrogens with zero attached hydrogens (tertiary/aromatic N) is 4. The van der Waals surface area contributed by atoms with Gasteiger partial charge < -0.3 is 15.0 Å². The number of rotatable bonds is 6. The van der Waals surface area contributed by atoms with Crippen molar-refractivity contribution in [1.82, 2.24) is 14.5 Å². The van der Waals surface area contributed by atoms with Crippen LogP contribution in [-0.4, -0.2) is 52.6 Å². The highest BCUT2D eigenvalue weighted by Gasteiger charge is 2.49. The second kappa shape index (κ2) is 7.81.